The average molecular weight is 1320 g/mol. The lowest BCUT2D eigenvalue weighted by Gasteiger charge is -2.32. The summed E-state index contributed by atoms with van der Waals surface area (Å²) in [7, 11) is 5.33. The molecule has 0 heterocycles. The molecule has 1 unspecified atom stereocenters. The number of allylic oxidation sites excluding steroid dienone is 4. The van der Waals surface area contributed by atoms with Gasteiger partial charge in [-0.05, 0) is 140 Å². The number of rotatable bonds is 45. The Bertz CT molecular complexity index is 3170. The van der Waals surface area contributed by atoms with Gasteiger partial charge in [0.15, 0.2) is 5.96 Å². The second kappa shape index (κ2) is 40.4. The molecular formula is C71H103N9O15. The van der Waals surface area contributed by atoms with Crippen LogP contribution in [0.3, 0.4) is 0 Å². The summed E-state index contributed by atoms with van der Waals surface area (Å²) in [6, 6.07) is 8.23. The highest BCUT2D eigenvalue weighted by atomic mass is 16.5. The van der Waals surface area contributed by atoms with Crippen LogP contribution in [0.5, 0.6) is 5.75 Å². The standard InChI is InChI=1S/C71H103N9O15/c1-44-40-49(81)41-45(2)52(44)43-55(79-69(91)71(5,37-29-39-76-70(73)74)80-57(83)36-26-19-15-11-13-17-24-33-51-47(4)59(85)63(93-7)65(95-9)61(51)87)68(90)77-53(67(89)78-54(66(72)88)42-48-30-21-20-22-31-48)34-27-28-38-75-56(82)35-25-18-14-10-12-16-23-32-50-46(3)58(84)62(92-6)64(94-8)60(50)86/h20-22,30-31,40-41,53-55,81H,10-19,23-29,32-39,42-43H2,1-9H3,(H2,72,88)(H,75,82)(H,77,90)(H,78,89)(H,79,91)(H,80,83)(H4,73,74,76)/t53?,54-,55-,71-/m0/s1. The monoisotopic (exact) mass is 1320 g/mol. The highest BCUT2D eigenvalue weighted by molar-refractivity contribution is 6.24. The van der Waals surface area contributed by atoms with Gasteiger partial charge in [0.25, 0.3) is 0 Å². The molecule has 0 aromatic heterocycles. The van der Waals surface area contributed by atoms with E-state index in [9.17, 15) is 53.1 Å². The average Bonchev–Trinajstić information content (AvgIpc) is 0.805. The number of phenols is 1. The van der Waals surface area contributed by atoms with Crippen molar-refractivity contribution in [2.24, 2.45) is 11.5 Å². The molecule has 0 spiro atoms. The number of unbranched alkanes of at least 4 members (excludes halogenated alkanes) is 13. The van der Waals surface area contributed by atoms with Crippen LogP contribution in [0.15, 0.2) is 87.8 Å². The highest BCUT2D eigenvalue weighted by Crippen LogP contribution is 2.31. The zero-order valence-corrected chi connectivity index (χ0v) is 57.2. The van der Waals surface area contributed by atoms with Crippen LogP contribution in [-0.2, 0) is 79.7 Å². The van der Waals surface area contributed by atoms with E-state index in [1.165, 1.54) is 40.6 Å². The number of nitrogens with one attached hydrogen (secondary N) is 7. The first-order chi connectivity index (χ1) is 45.3. The number of amides is 6. The number of aromatic hydroxyl groups is 1. The molecule has 0 fully saturated rings. The van der Waals surface area contributed by atoms with Crippen LogP contribution in [0.2, 0.25) is 0 Å². The molecule has 2 aliphatic carbocycles. The molecule has 6 amide bonds. The van der Waals surface area contributed by atoms with E-state index in [4.69, 9.17) is 35.8 Å². The topological polar surface area (TPSA) is 376 Å². The number of carbonyl (C=O) groups excluding carboxylic acids is 10. The number of ketones is 4. The van der Waals surface area contributed by atoms with Gasteiger partial charge in [-0.3, -0.25) is 53.4 Å². The molecule has 0 saturated heterocycles. The summed E-state index contributed by atoms with van der Waals surface area (Å²) >= 11 is 0. The molecular weight excluding hydrogens is 1220 g/mol. The Morgan fingerprint density at radius 1 is 0.526 bits per heavy atom. The molecule has 2 aromatic rings. The van der Waals surface area contributed by atoms with E-state index < -0.39 is 53.2 Å². The molecule has 2 aliphatic rings. The smallest absolute Gasteiger partial charge is 0.246 e. The summed E-state index contributed by atoms with van der Waals surface area (Å²) in [6.07, 6.45) is 13.6. The number of carbonyl (C=O) groups is 10. The van der Waals surface area contributed by atoms with Gasteiger partial charge in [-0.2, -0.15) is 0 Å². The summed E-state index contributed by atoms with van der Waals surface area (Å²) in [6.45, 7) is 8.78. The third kappa shape index (κ3) is 24.8. The molecule has 0 saturated carbocycles. The maximum absolute atomic E-state index is 14.9. The van der Waals surface area contributed by atoms with Crippen LogP contribution < -0.4 is 43.4 Å². The third-order valence-electron chi connectivity index (χ3n) is 17.5. The molecule has 95 heavy (non-hydrogen) atoms. The Morgan fingerprint density at radius 2 is 0.968 bits per heavy atom. The summed E-state index contributed by atoms with van der Waals surface area (Å²) in [5, 5.41) is 35.3. The lowest BCUT2D eigenvalue weighted by Crippen LogP contribution is -2.62. The Labute approximate surface area is 559 Å². The van der Waals surface area contributed by atoms with Crippen LogP contribution in [0.25, 0.3) is 0 Å². The van der Waals surface area contributed by atoms with Crippen LogP contribution in [0.1, 0.15) is 191 Å². The number of Topliss-reactive ketones (excluding diaryl/α,β-unsaturated/α-hetero) is 4. The predicted octanol–water partition coefficient (Wildman–Crippen LogP) is 7.13. The predicted molar refractivity (Wildman–Crippen MR) is 360 cm³/mol. The molecule has 0 bridgehead atoms. The largest absolute Gasteiger partial charge is 0.508 e. The van der Waals surface area contributed by atoms with Crippen LogP contribution in [0, 0.1) is 19.3 Å². The number of hydrogen-bond acceptors (Lipinski definition) is 16. The Balaban J connectivity index is 1.40. The van der Waals surface area contributed by atoms with E-state index in [-0.39, 0.29) is 115 Å². The number of methoxy groups -OCH3 is 4. The van der Waals surface area contributed by atoms with Gasteiger partial charge in [0, 0.05) is 61.1 Å². The Hall–Kier alpha value is -8.83. The molecule has 0 aliphatic heterocycles. The number of ether oxygens (including phenoxy) is 4. The fourth-order valence-corrected chi connectivity index (χ4v) is 11.9. The molecule has 24 heteroatoms. The van der Waals surface area contributed by atoms with Crippen molar-refractivity contribution in [2.75, 3.05) is 41.5 Å². The molecule has 12 N–H and O–H groups in total. The Morgan fingerprint density at radius 3 is 1.45 bits per heavy atom. The third-order valence-corrected chi connectivity index (χ3v) is 17.5. The van der Waals surface area contributed by atoms with Gasteiger partial charge in [0.05, 0.1) is 28.4 Å². The lowest BCUT2D eigenvalue weighted by molar-refractivity contribution is -0.137. The minimum atomic E-state index is -1.60. The van der Waals surface area contributed by atoms with E-state index in [0.29, 0.717) is 90.3 Å². The second-order valence-electron chi connectivity index (χ2n) is 24.8. The van der Waals surface area contributed by atoms with E-state index in [1.54, 1.807) is 58.9 Å². The molecule has 24 nitrogen and oxygen atoms in total. The number of primary amides is 1. The number of aryl methyl sites for hydroxylation is 2. The summed E-state index contributed by atoms with van der Waals surface area (Å²) < 4.78 is 20.6. The van der Waals surface area contributed by atoms with Crippen molar-refractivity contribution < 1.29 is 72.0 Å². The van der Waals surface area contributed by atoms with Gasteiger partial charge in [0.2, 0.25) is 81.6 Å². The van der Waals surface area contributed by atoms with Crippen LogP contribution >= 0.6 is 0 Å². The fraction of sp³-hybridized carbons (Fsp3) is 0.563. The summed E-state index contributed by atoms with van der Waals surface area (Å²) in [5.41, 5.74) is 14.0. The van der Waals surface area contributed by atoms with Crippen molar-refractivity contribution in [1.29, 1.82) is 5.41 Å². The van der Waals surface area contributed by atoms with Crippen molar-refractivity contribution in [1.82, 2.24) is 31.9 Å². The maximum Gasteiger partial charge on any atom is 0.246 e. The van der Waals surface area contributed by atoms with Gasteiger partial charge in [0.1, 0.15) is 29.4 Å². The Kier molecular flexibility index (Phi) is 33.5. The number of nitrogens with two attached hydrogens (primary N) is 2. The van der Waals surface area contributed by atoms with Crippen LogP contribution in [0.4, 0.5) is 0 Å². The lowest BCUT2D eigenvalue weighted by atomic mass is 9.89. The van der Waals surface area contributed by atoms with Crippen molar-refractivity contribution in [3.05, 3.63) is 110 Å². The first kappa shape index (κ1) is 78.6. The van der Waals surface area contributed by atoms with Crippen molar-refractivity contribution in [3.63, 3.8) is 0 Å². The molecule has 522 valence electrons. The zero-order chi connectivity index (χ0) is 70.2. The van der Waals surface area contributed by atoms with E-state index in [2.05, 4.69) is 31.9 Å². The minimum absolute atomic E-state index is 0.00371. The van der Waals surface area contributed by atoms with Gasteiger partial charge >= 0.3 is 0 Å². The van der Waals surface area contributed by atoms with Gasteiger partial charge in [-0.1, -0.05) is 94.5 Å². The van der Waals surface area contributed by atoms with E-state index in [1.807, 2.05) is 6.07 Å². The van der Waals surface area contributed by atoms with E-state index >= 15 is 0 Å². The highest BCUT2D eigenvalue weighted by Gasteiger charge is 2.39. The number of benzene rings is 2. The molecule has 4 atom stereocenters. The normalized spacial score (nSPS) is 15.0. The first-order valence-corrected chi connectivity index (χ1v) is 33.2. The van der Waals surface area contributed by atoms with E-state index in [0.717, 1.165) is 76.2 Å². The second-order valence-corrected chi connectivity index (χ2v) is 24.8. The van der Waals surface area contributed by atoms with Gasteiger partial charge < -0.3 is 67.4 Å². The summed E-state index contributed by atoms with van der Waals surface area (Å²) in [5.74, 6) is -5.48. The van der Waals surface area contributed by atoms with Crippen molar-refractivity contribution in [3.8, 4) is 5.75 Å². The van der Waals surface area contributed by atoms with Crippen molar-refractivity contribution >= 4 is 64.5 Å². The molecule has 4 rings (SSSR count). The fourth-order valence-electron chi connectivity index (χ4n) is 11.9. The summed E-state index contributed by atoms with van der Waals surface area (Å²) in [4.78, 5) is 135. The quantitative estimate of drug-likeness (QED) is 0.0136. The maximum atomic E-state index is 14.9. The van der Waals surface area contributed by atoms with Gasteiger partial charge in [-0.15, -0.1) is 0 Å². The molecule has 0 radical (unpaired) electrons. The number of hydrogen-bond donors (Lipinski definition) is 10. The van der Waals surface area contributed by atoms with Gasteiger partial charge in [-0.25, -0.2) is 0 Å². The first-order valence-electron chi connectivity index (χ1n) is 33.2. The number of guanidine groups is 1. The van der Waals surface area contributed by atoms with Crippen LogP contribution in [-0.4, -0.2) is 135 Å². The number of phenolic OH excluding ortho intramolecular Hbond substituents is 1. The SMILES string of the molecule is COC1=C(OC)C(=O)C(CCCCCCCCCC(=O)NCCCCC(NC(=O)[C@H](Cc2c(C)cc(O)cc2C)NC(=O)[C@](C)(CCCNC(=N)N)NC(=O)CCCCCCCCCC2=C(C)C(=O)C(OC)=C(OC)C2=O)C(=O)N[C@@H](Cc2ccccc2)C(N)=O)=C(C)C1=O. The molecule has 2 aromatic carbocycles. The zero-order valence-electron chi connectivity index (χ0n) is 57.2. The minimum Gasteiger partial charge on any atom is -0.508 e. The van der Waals surface area contributed by atoms with Crippen molar-refractivity contribution in [2.45, 2.75) is 219 Å².